The van der Waals surface area contributed by atoms with E-state index < -0.39 is 6.04 Å². The quantitative estimate of drug-likeness (QED) is 0.464. The molecule has 9 heteroatoms. The van der Waals surface area contributed by atoms with Crippen LogP contribution in [-0.2, 0) is 9.59 Å². The first kappa shape index (κ1) is 26.0. The molecule has 0 saturated carbocycles. The molecule has 35 heavy (non-hydrogen) atoms. The number of likely N-dealkylation sites (N-methyl/N-ethyl adjacent to an activating group) is 1. The Kier molecular flexibility index (Phi) is 9.08. The van der Waals surface area contributed by atoms with Gasteiger partial charge in [0.15, 0.2) is 30.5 Å². The zero-order chi connectivity index (χ0) is 25.4. The third-order valence-corrected chi connectivity index (χ3v) is 5.98. The minimum Gasteiger partial charge on any atom is -0.493 e. The average molecular weight is 484 g/mol. The monoisotopic (exact) mass is 483 g/mol. The Bertz CT molecular complexity index is 1050. The third-order valence-electron chi connectivity index (χ3n) is 5.98. The van der Waals surface area contributed by atoms with Gasteiger partial charge in [0.1, 0.15) is 11.8 Å². The highest BCUT2D eigenvalue weighted by atomic mass is 16.5. The third kappa shape index (κ3) is 6.30. The van der Waals surface area contributed by atoms with Gasteiger partial charge in [0.2, 0.25) is 5.91 Å². The minimum atomic E-state index is -0.767. The van der Waals surface area contributed by atoms with Crippen molar-refractivity contribution in [2.75, 3.05) is 51.4 Å². The second kappa shape index (κ2) is 12.2. The first-order valence-electron chi connectivity index (χ1n) is 11.8. The van der Waals surface area contributed by atoms with Crippen molar-refractivity contribution in [3.63, 3.8) is 0 Å². The predicted octanol–water partition coefficient (Wildman–Crippen LogP) is 2.53. The van der Waals surface area contributed by atoms with E-state index in [4.69, 9.17) is 14.2 Å². The number of ether oxygens (including phenoxy) is 3. The van der Waals surface area contributed by atoms with Crippen molar-refractivity contribution in [1.82, 2.24) is 10.2 Å². The number of nitrogens with one attached hydrogen (secondary N) is 1. The van der Waals surface area contributed by atoms with Gasteiger partial charge >= 0.3 is 0 Å². The van der Waals surface area contributed by atoms with E-state index in [2.05, 4.69) is 24.1 Å². The molecule has 0 bridgehead atoms. The van der Waals surface area contributed by atoms with Gasteiger partial charge in [-0.2, -0.15) is 0 Å². The van der Waals surface area contributed by atoms with E-state index in [-0.39, 0.29) is 30.8 Å². The maximum Gasteiger partial charge on any atom is 0.265 e. The SMILES string of the molecule is CCN(CC)CCNC(=O)C(C)N1C(=O)COc2ccc(C(=O)COc3ccccc3OC)cc21. The Labute approximate surface area is 205 Å². The lowest BCUT2D eigenvalue weighted by molar-refractivity contribution is -0.127. The molecule has 1 atom stereocenters. The van der Waals surface area contributed by atoms with E-state index in [1.165, 1.54) is 12.0 Å². The summed E-state index contributed by atoms with van der Waals surface area (Å²) in [5.74, 6) is 0.518. The molecule has 1 aliphatic heterocycles. The number of nitrogens with zero attached hydrogens (tertiary/aromatic N) is 2. The van der Waals surface area contributed by atoms with Crippen LogP contribution < -0.4 is 24.4 Å². The molecule has 1 N–H and O–H groups in total. The smallest absolute Gasteiger partial charge is 0.265 e. The van der Waals surface area contributed by atoms with Crippen molar-refractivity contribution in [2.45, 2.75) is 26.8 Å². The van der Waals surface area contributed by atoms with Crippen molar-refractivity contribution in [3.8, 4) is 17.2 Å². The molecule has 1 heterocycles. The predicted molar refractivity (Wildman–Crippen MR) is 133 cm³/mol. The Morgan fingerprint density at radius 2 is 1.86 bits per heavy atom. The van der Waals surface area contributed by atoms with Gasteiger partial charge < -0.3 is 24.4 Å². The summed E-state index contributed by atoms with van der Waals surface area (Å²) in [6.45, 7) is 8.42. The molecule has 0 saturated heterocycles. The zero-order valence-electron chi connectivity index (χ0n) is 20.7. The van der Waals surface area contributed by atoms with Crippen LogP contribution in [0.4, 0.5) is 5.69 Å². The highest BCUT2D eigenvalue weighted by molar-refractivity contribution is 6.05. The molecule has 0 spiro atoms. The van der Waals surface area contributed by atoms with E-state index in [1.54, 1.807) is 43.3 Å². The van der Waals surface area contributed by atoms with Crippen LogP contribution in [0.5, 0.6) is 17.2 Å². The fourth-order valence-corrected chi connectivity index (χ4v) is 3.88. The molecule has 0 aliphatic carbocycles. The summed E-state index contributed by atoms with van der Waals surface area (Å²) in [5.41, 5.74) is 0.729. The highest BCUT2D eigenvalue weighted by Gasteiger charge is 2.33. The van der Waals surface area contributed by atoms with Crippen molar-refractivity contribution < 1.29 is 28.6 Å². The van der Waals surface area contributed by atoms with E-state index >= 15 is 0 Å². The van der Waals surface area contributed by atoms with Gasteiger partial charge in [0.25, 0.3) is 5.91 Å². The van der Waals surface area contributed by atoms with Crippen LogP contribution in [0.1, 0.15) is 31.1 Å². The second-order valence-corrected chi connectivity index (χ2v) is 8.09. The molecular formula is C26H33N3O6. The van der Waals surface area contributed by atoms with Crippen LogP contribution in [0.25, 0.3) is 0 Å². The van der Waals surface area contributed by atoms with Gasteiger partial charge in [-0.1, -0.05) is 26.0 Å². The first-order valence-corrected chi connectivity index (χ1v) is 11.8. The van der Waals surface area contributed by atoms with Gasteiger partial charge in [0.05, 0.1) is 12.8 Å². The van der Waals surface area contributed by atoms with E-state index in [0.29, 0.717) is 35.0 Å². The normalized spacial score (nSPS) is 13.6. The lowest BCUT2D eigenvalue weighted by Crippen LogP contribution is -2.52. The molecule has 0 aromatic heterocycles. The van der Waals surface area contributed by atoms with Crippen LogP contribution in [0.15, 0.2) is 42.5 Å². The van der Waals surface area contributed by atoms with Crippen LogP contribution in [0.2, 0.25) is 0 Å². The summed E-state index contributed by atoms with van der Waals surface area (Å²) in [5, 5.41) is 2.90. The number of benzene rings is 2. The number of methoxy groups -OCH3 is 1. The second-order valence-electron chi connectivity index (χ2n) is 8.09. The van der Waals surface area contributed by atoms with E-state index in [9.17, 15) is 14.4 Å². The molecule has 0 fully saturated rings. The van der Waals surface area contributed by atoms with Gasteiger partial charge in [-0.15, -0.1) is 0 Å². The molecule has 3 rings (SSSR count). The Morgan fingerprint density at radius 1 is 1.14 bits per heavy atom. The number of rotatable bonds is 12. The van der Waals surface area contributed by atoms with Crippen molar-refractivity contribution in [1.29, 1.82) is 0 Å². The molecule has 2 aromatic carbocycles. The summed E-state index contributed by atoms with van der Waals surface area (Å²) in [6, 6.07) is 11.1. The van der Waals surface area contributed by atoms with Crippen molar-refractivity contribution in [3.05, 3.63) is 48.0 Å². The molecule has 188 valence electrons. The van der Waals surface area contributed by atoms with Gasteiger partial charge in [-0.3, -0.25) is 19.3 Å². The summed E-state index contributed by atoms with van der Waals surface area (Å²) < 4.78 is 16.4. The first-order chi connectivity index (χ1) is 16.9. The zero-order valence-corrected chi connectivity index (χ0v) is 20.7. The summed E-state index contributed by atoms with van der Waals surface area (Å²) in [4.78, 5) is 42.0. The molecule has 2 amide bonds. The average Bonchev–Trinajstić information content (AvgIpc) is 2.89. The summed E-state index contributed by atoms with van der Waals surface area (Å²) in [6.07, 6.45) is 0. The number of Topliss-reactive ketones (excluding diaryl/α,β-unsaturated/α-hetero) is 1. The fraction of sp³-hybridized carbons (Fsp3) is 0.423. The number of hydrogen-bond donors (Lipinski definition) is 1. The van der Waals surface area contributed by atoms with Crippen LogP contribution >= 0.6 is 0 Å². The number of carbonyl (C=O) groups excluding carboxylic acids is 3. The Morgan fingerprint density at radius 3 is 2.54 bits per heavy atom. The molecular weight excluding hydrogens is 450 g/mol. The maximum atomic E-state index is 12.9. The lowest BCUT2D eigenvalue weighted by atomic mass is 10.1. The fourth-order valence-electron chi connectivity index (χ4n) is 3.88. The minimum absolute atomic E-state index is 0.172. The van der Waals surface area contributed by atoms with E-state index in [1.807, 2.05) is 6.07 Å². The van der Waals surface area contributed by atoms with Crippen molar-refractivity contribution in [2.24, 2.45) is 0 Å². The Hall–Kier alpha value is -3.59. The molecule has 1 unspecified atom stereocenters. The molecule has 0 radical (unpaired) electrons. The summed E-state index contributed by atoms with van der Waals surface area (Å²) in [7, 11) is 1.53. The molecule has 9 nitrogen and oxygen atoms in total. The van der Waals surface area contributed by atoms with Crippen LogP contribution in [0, 0.1) is 0 Å². The number of anilines is 1. The van der Waals surface area contributed by atoms with Gasteiger partial charge in [-0.25, -0.2) is 0 Å². The highest BCUT2D eigenvalue weighted by Crippen LogP contribution is 2.35. The standard InChI is InChI=1S/C26H33N3O6/c1-5-28(6-2)14-13-27-26(32)18(3)29-20-15-19(11-12-22(20)35-17-25(29)31)21(30)16-34-24-10-8-7-9-23(24)33-4/h7-12,15,18H,5-6,13-14,16-17H2,1-4H3,(H,27,32). The van der Waals surface area contributed by atoms with Gasteiger partial charge in [0, 0.05) is 18.7 Å². The van der Waals surface area contributed by atoms with Crippen molar-refractivity contribution >= 4 is 23.3 Å². The number of carbonyl (C=O) groups is 3. The summed E-state index contributed by atoms with van der Waals surface area (Å²) >= 11 is 0. The maximum absolute atomic E-state index is 12.9. The van der Waals surface area contributed by atoms with Crippen LogP contribution in [-0.4, -0.2) is 75.0 Å². The number of amides is 2. The number of ketones is 1. The number of para-hydroxylation sites is 2. The lowest BCUT2D eigenvalue weighted by Gasteiger charge is -2.33. The molecule has 2 aromatic rings. The van der Waals surface area contributed by atoms with Crippen LogP contribution in [0.3, 0.4) is 0 Å². The number of hydrogen-bond acceptors (Lipinski definition) is 7. The number of fused-ring (bicyclic) bond motifs is 1. The van der Waals surface area contributed by atoms with Gasteiger partial charge in [-0.05, 0) is 50.3 Å². The Balaban J connectivity index is 1.72. The molecule has 1 aliphatic rings. The topological polar surface area (TPSA) is 97.4 Å². The largest absolute Gasteiger partial charge is 0.493 e. The van der Waals surface area contributed by atoms with E-state index in [0.717, 1.165) is 19.6 Å².